The van der Waals surface area contributed by atoms with E-state index in [-0.39, 0.29) is 24.0 Å². The van der Waals surface area contributed by atoms with Crippen LogP contribution in [-0.4, -0.2) is 67.1 Å². The third kappa shape index (κ3) is 5.48. The first-order chi connectivity index (χ1) is 11.4. The first-order valence-electron chi connectivity index (χ1n) is 7.99. The highest BCUT2D eigenvalue weighted by Gasteiger charge is 2.22. The van der Waals surface area contributed by atoms with Crippen molar-refractivity contribution in [3.8, 4) is 0 Å². The van der Waals surface area contributed by atoms with Crippen LogP contribution in [0.15, 0.2) is 12.3 Å². The molecule has 1 N–H and O–H groups in total. The lowest BCUT2D eigenvalue weighted by Crippen LogP contribution is -2.47. The van der Waals surface area contributed by atoms with Crippen molar-refractivity contribution in [2.75, 3.05) is 49.3 Å². The molecule has 134 valence electrons. The van der Waals surface area contributed by atoms with Gasteiger partial charge in [-0.2, -0.15) is 0 Å². The van der Waals surface area contributed by atoms with Crippen molar-refractivity contribution in [3.05, 3.63) is 17.3 Å². The van der Waals surface area contributed by atoms with Crippen LogP contribution in [0.2, 0.25) is 5.02 Å². The summed E-state index contributed by atoms with van der Waals surface area (Å²) in [4.78, 5) is 20.2. The average Bonchev–Trinajstić information content (AvgIpc) is 2.53. The van der Waals surface area contributed by atoms with Gasteiger partial charge in [-0.05, 0) is 13.8 Å². The van der Waals surface area contributed by atoms with Crippen molar-refractivity contribution in [1.82, 2.24) is 9.88 Å². The van der Waals surface area contributed by atoms with Crippen LogP contribution in [0.25, 0.3) is 0 Å². The number of nitrogens with zero attached hydrogens (tertiary/aromatic N) is 3. The standard InChI is InChI=1S/C16H24Cl2N4O2/c1-11-9-22(10-12(2)24-11)5-4-21(3)15-6-14(13(18)8-19-15)20-16(23)7-17/h6,8,11-12H,4-5,7,9-10H2,1-3H3,(H,19,20,23)/t11-,12+. The molecule has 1 fully saturated rings. The highest BCUT2D eigenvalue weighted by atomic mass is 35.5. The summed E-state index contributed by atoms with van der Waals surface area (Å²) in [6.45, 7) is 7.80. The molecule has 0 unspecified atom stereocenters. The second kappa shape index (κ2) is 8.85. The van der Waals surface area contributed by atoms with Gasteiger partial charge in [0.1, 0.15) is 11.7 Å². The zero-order valence-electron chi connectivity index (χ0n) is 14.3. The van der Waals surface area contributed by atoms with Crippen molar-refractivity contribution in [3.63, 3.8) is 0 Å². The molecular weight excluding hydrogens is 351 g/mol. The molecule has 1 saturated heterocycles. The van der Waals surface area contributed by atoms with Gasteiger partial charge in [0.05, 0.1) is 29.1 Å². The van der Waals surface area contributed by atoms with E-state index in [9.17, 15) is 4.79 Å². The third-order valence-electron chi connectivity index (χ3n) is 3.87. The predicted molar refractivity (Wildman–Crippen MR) is 98.3 cm³/mol. The molecule has 0 bridgehead atoms. The van der Waals surface area contributed by atoms with Crippen molar-refractivity contribution >= 4 is 40.6 Å². The number of morpholine rings is 1. The lowest BCUT2D eigenvalue weighted by molar-refractivity contribution is -0.113. The number of carbonyl (C=O) groups excluding carboxylic acids is 1. The summed E-state index contributed by atoms with van der Waals surface area (Å²) in [5, 5.41) is 3.07. The van der Waals surface area contributed by atoms with Gasteiger partial charge in [-0.1, -0.05) is 11.6 Å². The minimum absolute atomic E-state index is 0.114. The Morgan fingerprint density at radius 1 is 1.46 bits per heavy atom. The number of ether oxygens (including phenoxy) is 1. The van der Waals surface area contributed by atoms with Gasteiger partial charge in [0.15, 0.2) is 0 Å². The number of hydrogen-bond donors (Lipinski definition) is 1. The smallest absolute Gasteiger partial charge is 0.239 e. The molecule has 0 saturated carbocycles. The van der Waals surface area contributed by atoms with Crippen LogP contribution in [-0.2, 0) is 9.53 Å². The van der Waals surface area contributed by atoms with E-state index in [1.807, 2.05) is 11.9 Å². The number of hydrogen-bond acceptors (Lipinski definition) is 5. The average molecular weight is 375 g/mol. The Morgan fingerprint density at radius 3 is 2.75 bits per heavy atom. The van der Waals surface area contributed by atoms with E-state index in [0.717, 1.165) is 32.0 Å². The summed E-state index contributed by atoms with van der Waals surface area (Å²) >= 11 is 11.6. The number of anilines is 2. The first-order valence-corrected chi connectivity index (χ1v) is 8.90. The molecule has 6 nitrogen and oxygen atoms in total. The molecule has 0 aliphatic carbocycles. The summed E-state index contributed by atoms with van der Waals surface area (Å²) < 4.78 is 5.75. The fourth-order valence-corrected chi connectivity index (χ4v) is 3.01. The predicted octanol–water partition coefficient (Wildman–Crippen LogP) is 2.46. The molecule has 2 rings (SSSR count). The third-order valence-corrected chi connectivity index (χ3v) is 4.42. The number of halogens is 2. The van der Waals surface area contributed by atoms with Gasteiger partial charge >= 0.3 is 0 Å². The van der Waals surface area contributed by atoms with Gasteiger partial charge in [0.2, 0.25) is 5.91 Å². The van der Waals surface area contributed by atoms with Gasteiger partial charge < -0.3 is 15.0 Å². The summed E-state index contributed by atoms with van der Waals surface area (Å²) in [6.07, 6.45) is 2.05. The lowest BCUT2D eigenvalue weighted by Gasteiger charge is -2.36. The molecule has 24 heavy (non-hydrogen) atoms. The maximum Gasteiger partial charge on any atom is 0.239 e. The Morgan fingerprint density at radius 2 is 2.12 bits per heavy atom. The molecule has 0 spiro atoms. The van der Waals surface area contributed by atoms with Crippen LogP contribution >= 0.6 is 23.2 Å². The summed E-state index contributed by atoms with van der Waals surface area (Å²) in [6, 6.07) is 1.76. The minimum Gasteiger partial charge on any atom is -0.373 e. The van der Waals surface area contributed by atoms with Crippen molar-refractivity contribution in [2.45, 2.75) is 26.1 Å². The Balaban J connectivity index is 1.95. The van der Waals surface area contributed by atoms with Crippen LogP contribution < -0.4 is 10.2 Å². The second-order valence-electron chi connectivity index (χ2n) is 6.14. The van der Waals surface area contributed by atoms with E-state index in [1.54, 1.807) is 6.07 Å². The van der Waals surface area contributed by atoms with Crippen molar-refractivity contribution in [1.29, 1.82) is 0 Å². The fourth-order valence-electron chi connectivity index (χ4n) is 2.79. The summed E-state index contributed by atoms with van der Waals surface area (Å²) in [5.41, 5.74) is 0.521. The highest BCUT2D eigenvalue weighted by Crippen LogP contribution is 2.25. The normalized spacial score (nSPS) is 21.5. The zero-order chi connectivity index (χ0) is 17.7. The van der Waals surface area contributed by atoms with E-state index >= 15 is 0 Å². The molecule has 1 aromatic rings. The number of likely N-dealkylation sites (N-methyl/N-ethyl adjacent to an activating group) is 1. The van der Waals surface area contributed by atoms with Crippen LogP contribution in [0, 0.1) is 0 Å². The van der Waals surface area contributed by atoms with Crippen LogP contribution in [0.3, 0.4) is 0 Å². The Kier molecular flexibility index (Phi) is 7.10. The Labute approximate surface area is 153 Å². The van der Waals surface area contributed by atoms with E-state index in [1.165, 1.54) is 6.20 Å². The Hall–Kier alpha value is -1.08. The quantitative estimate of drug-likeness (QED) is 0.775. The van der Waals surface area contributed by atoms with Gasteiger partial charge in [0, 0.05) is 39.3 Å². The molecule has 1 aliphatic rings. The van der Waals surface area contributed by atoms with E-state index < -0.39 is 0 Å². The van der Waals surface area contributed by atoms with E-state index in [4.69, 9.17) is 27.9 Å². The van der Waals surface area contributed by atoms with Crippen LogP contribution in [0.1, 0.15) is 13.8 Å². The topological polar surface area (TPSA) is 57.7 Å². The largest absolute Gasteiger partial charge is 0.373 e. The second-order valence-corrected chi connectivity index (χ2v) is 6.82. The van der Waals surface area contributed by atoms with E-state index in [2.05, 4.69) is 29.0 Å². The molecule has 2 heterocycles. The van der Waals surface area contributed by atoms with Crippen LogP contribution in [0.4, 0.5) is 11.5 Å². The number of rotatable bonds is 6. The van der Waals surface area contributed by atoms with Crippen molar-refractivity contribution in [2.24, 2.45) is 0 Å². The molecule has 1 amide bonds. The molecule has 1 aromatic heterocycles. The molecule has 0 radical (unpaired) electrons. The van der Waals surface area contributed by atoms with Gasteiger partial charge in [-0.15, -0.1) is 11.6 Å². The number of pyridine rings is 1. The molecule has 0 aromatic carbocycles. The maximum absolute atomic E-state index is 11.5. The number of amides is 1. The van der Waals surface area contributed by atoms with Gasteiger partial charge in [-0.25, -0.2) is 4.98 Å². The SMILES string of the molecule is C[C@@H]1CN(CCN(C)c2cc(NC(=O)CCl)c(Cl)cn2)C[C@H](C)O1. The molecular formula is C16H24Cl2N4O2. The first kappa shape index (κ1) is 19.2. The molecule has 8 heteroatoms. The number of alkyl halides is 1. The fraction of sp³-hybridized carbons (Fsp3) is 0.625. The number of nitrogens with one attached hydrogen (secondary N) is 1. The van der Waals surface area contributed by atoms with Crippen LogP contribution in [0.5, 0.6) is 0 Å². The van der Waals surface area contributed by atoms with Gasteiger partial charge in [0.25, 0.3) is 0 Å². The number of carbonyl (C=O) groups is 1. The summed E-state index contributed by atoms with van der Waals surface area (Å²) in [7, 11) is 1.97. The Bertz CT molecular complexity index is 563. The number of aromatic nitrogens is 1. The lowest BCUT2D eigenvalue weighted by atomic mass is 10.2. The van der Waals surface area contributed by atoms with E-state index in [0.29, 0.717) is 10.7 Å². The van der Waals surface area contributed by atoms with Gasteiger partial charge in [-0.3, -0.25) is 9.69 Å². The minimum atomic E-state index is -0.297. The molecule has 2 atom stereocenters. The molecule has 1 aliphatic heterocycles. The maximum atomic E-state index is 11.5. The zero-order valence-corrected chi connectivity index (χ0v) is 15.8. The highest BCUT2D eigenvalue weighted by molar-refractivity contribution is 6.34. The van der Waals surface area contributed by atoms with Crippen molar-refractivity contribution < 1.29 is 9.53 Å². The monoisotopic (exact) mass is 374 g/mol. The summed E-state index contributed by atoms with van der Waals surface area (Å²) in [5.74, 6) is 0.338.